The molecular formula is C26H30N6O2. The molecule has 4 N–H and O–H groups in total. The Balaban J connectivity index is 1.38. The standard InChI is InChI=1S/C26H30N6O2/c27-25-23-24(20-10-9-18(14-21(20)30-25)19-8-5-11-28-15-19)32(22(16-33)31-23)13-4-3-12-29-26(34)17-6-1-2-7-17/h5,8-11,14-15,17,33H,1-4,6-7,12-13,16H2,(H2,27,30)(H,29,34). The summed E-state index contributed by atoms with van der Waals surface area (Å²) < 4.78 is 2.04. The van der Waals surface area contributed by atoms with Gasteiger partial charge < -0.3 is 20.7 Å². The van der Waals surface area contributed by atoms with E-state index in [-0.39, 0.29) is 18.4 Å². The second-order valence-electron chi connectivity index (χ2n) is 8.99. The number of aromatic nitrogens is 4. The molecule has 0 spiro atoms. The summed E-state index contributed by atoms with van der Waals surface area (Å²) in [5, 5.41) is 14.0. The number of carbonyl (C=O) groups is 1. The maximum absolute atomic E-state index is 12.2. The fraction of sp³-hybridized carbons (Fsp3) is 0.385. The van der Waals surface area contributed by atoms with Crippen LogP contribution < -0.4 is 11.1 Å². The van der Waals surface area contributed by atoms with E-state index in [1.807, 2.05) is 41.1 Å². The number of imidazole rings is 1. The highest BCUT2D eigenvalue weighted by Gasteiger charge is 2.22. The van der Waals surface area contributed by atoms with E-state index in [0.717, 1.165) is 66.1 Å². The van der Waals surface area contributed by atoms with Crippen molar-refractivity contribution in [3.8, 4) is 11.1 Å². The van der Waals surface area contributed by atoms with E-state index in [2.05, 4.69) is 20.3 Å². The van der Waals surface area contributed by atoms with Crippen molar-refractivity contribution in [2.75, 3.05) is 12.3 Å². The summed E-state index contributed by atoms with van der Waals surface area (Å²) in [6.07, 6.45) is 9.61. The van der Waals surface area contributed by atoms with Gasteiger partial charge in [-0.3, -0.25) is 9.78 Å². The number of aryl methyl sites for hydroxylation is 1. The van der Waals surface area contributed by atoms with Crippen LogP contribution in [0.2, 0.25) is 0 Å². The molecule has 1 aromatic carbocycles. The smallest absolute Gasteiger partial charge is 0.223 e. The SMILES string of the molecule is Nc1nc2cc(-c3cccnc3)ccc2c2c1nc(CO)n2CCCCNC(=O)C1CCCC1. The Morgan fingerprint density at radius 1 is 1.15 bits per heavy atom. The molecule has 8 heteroatoms. The highest BCUT2D eigenvalue weighted by molar-refractivity contribution is 6.07. The van der Waals surface area contributed by atoms with Gasteiger partial charge in [0.15, 0.2) is 5.82 Å². The van der Waals surface area contributed by atoms with Crippen molar-refractivity contribution in [3.63, 3.8) is 0 Å². The third kappa shape index (κ3) is 4.33. The zero-order valence-electron chi connectivity index (χ0n) is 19.2. The first-order valence-electron chi connectivity index (χ1n) is 12.0. The van der Waals surface area contributed by atoms with Gasteiger partial charge in [-0.05, 0) is 43.4 Å². The normalized spacial score (nSPS) is 14.3. The number of carbonyl (C=O) groups excluding carboxylic acids is 1. The number of nitrogens with one attached hydrogen (secondary N) is 1. The molecule has 0 radical (unpaired) electrons. The molecule has 34 heavy (non-hydrogen) atoms. The maximum Gasteiger partial charge on any atom is 0.223 e. The monoisotopic (exact) mass is 458 g/mol. The van der Waals surface area contributed by atoms with Gasteiger partial charge in [0.25, 0.3) is 0 Å². The second-order valence-corrected chi connectivity index (χ2v) is 8.99. The molecule has 1 amide bonds. The number of nitrogens with zero attached hydrogens (tertiary/aromatic N) is 4. The quantitative estimate of drug-likeness (QED) is 0.346. The minimum atomic E-state index is -0.179. The van der Waals surface area contributed by atoms with Crippen molar-refractivity contribution in [2.24, 2.45) is 5.92 Å². The minimum absolute atomic E-state index is 0.179. The number of nitrogens with two attached hydrogens (primary N) is 1. The fourth-order valence-corrected chi connectivity index (χ4v) is 4.97. The topological polar surface area (TPSA) is 119 Å². The minimum Gasteiger partial charge on any atom is -0.388 e. The summed E-state index contributed by atoms with van der Waals surface area (Å²) in [5.74, 6) is 1.30. The van der Waals surface area contributed by atoms with Crippen molar-refractivity contribution < 1.29 is 9.90 Å². The van der Waals surface area contributed by atoms with Gasteiger partial charge in [-0.25, -0.2) is 9.97 Å². The van der Waals surface area contributed by atoms with Gasteiger partial charge >= 0.3 is 0 Å². The lowest BCUT2D eigenvalue weighted by atomic mass is 10.0. The zero-order valence-corrected chi connectivity index (χ0v) is 19.2. The van der Waals surface area contributed by atoms with Gasteiger partial charge in [0, 0.05) is 42.4 Å². The second kappa shape index (κ2) is 9.77. The Morgan fingerprint density at radius 2 is 2.00 bits per heavy atom. The summed E-state index contributed by atoms with van der Waals surface area (Å²) in [7, 11) is 0. The Morgan fingerprint density at radius 3 is 2.76 bits per heavy atom. The Hall–Kier alpha value is -3.52. The molecule has 0 atom stereocenters. The van der Waals surface area contributed by atoms with Crippen molar-refractivity contribution >= 4 is 33.7 Å². The summed E-state index contributed by atoms with van der Waals surface area (Å²) in [4.78, 5) is 25.6. The molecule has 176 valence electrons. The molecule has 3 aromatic heterocycles. The molecule has 3 heterocycles. The van der Waals surface area contributed by atoms with Crippen LogP contribution in [0.5, 0.6) is 0 Å². The Bertz CT molecular complexity index is 1310. The summed E-state index contributed by atoms with van der Waals surface area (Å²) >= 11 is 0. The Labute approximate surface area is 198 Å². The fourth-order valence-electron chi connectivity index (χ4n) is 4.97. The number of fused-ring (bicyclic) bond motifs is 3. The molecule has 5 rings (SSSR count). The first kappa shape index (κ1) is 22.3. The van der Waals surface area contributed by atoms with E-state index in [0.29, 0.717) is 30.2 Å². The number of anilines is 1. The van der Waals surface area contributed by atoms with Crippen LogP contribution in [0.4, 0.5) is 5.82 Å². The number of hydrogen-bond donors (Lipinski definition) is 3. The van der Waals surface area contributed by atoms with Gasteiger partial charge in [-0.1, -0.05) is 31.0 Å². The van der Waals surface area contributed by atoms with Crippen LogP contribution in [-0.4, -0.2) is 37.1 Å². The van der Waals surface area contributed by atoms with Crippen LogP contribution in [-0.2, 0) is 17.9 Å². The lowest BCUT2D eigenvalue weighted by Crippen LogP contribution is -2.30. The number of aliphatic hydroxyl groups excluding tert-OH is 1. The van der Waals surface area contributed by atoms with Gasteiger partial charge in [0.2, 0.25) is 5.91 Å². The predicted molar refractivity (Wildman–Crippen MR) is 133 cm³/mol. The summed E-state index contributed by atoms with van der Waals surface area (Å²) in [5.41, 5.74) is 10.6. The van der Waals surface area contributed by atoms with Crippen molar-refractivity contribution in [1.29, 1.82) is 0 Å². The number of nitrogen functional groups attached to an aromatic ring is 1. The zero-order chi connectivity index (χ0) is 23.5. The maximum atomic E-state index is 12.2. The number of unbranched alkanes of at least 4 members (excludes halogenated alkanes) is 1. The van der Waals surface area contributed by atoms with E-state index < -0.39 is 0 Å². The third-order valence-corrected chi connectivity index (χ3v) is 6.75. The molecule has 1 aliphatic rings. The highest BCUT2D eigenvalue weighted by atomic mass is 16.3. The third-order valence-electron chi connectivity index (χ3n) is 6.75. The van der Waals surface area contributed by atoms with E-state index in [1.165, 1.54) is 0 Å². The lowest BCUT2D eigenvalue weighted by molar-refractivity contribution is -0.124. The number of benzene rings is 1. The van der Waals surface area contributed by atoms with Gasteiger partial charge in [0.1, 0.15) is 17.9 Å². The molecule has 1 fully saturated rings. The average Bonchev–Trinajstić information content (AvgIpc) is 3.53. The van der Waals surface area contributed by atoms with Crippen LogP contribution >= 0.6 is 0 Å². The number of pyridine rings is 2. The van der Waals surface area contributed by atoms with Crippen LogP contribution in [0.25, 0.3) is 33.1 Å². The predicted octanol–water partition coefficient (Wildman–Crippen LogP) is 3.81. The summed E-state index contributed by atoms with van der Waals surface area (Å²) in [6, 6.07) is 10.0. The number of amides is 1. The number of hydrogen-bond acceptors (Lipinski definition) is 6. The van der Waals surface area contributed by atoms with Crippen LogP contribution in [0.3, 0.4) is 0 Å². The molecule has 8 nitrogen and oxygen atoms in total. The van der Waals surface area contributed by atoms with E-state index >= 15 is 0 Å². The average molecular weight is 459 g/mol. The van der Waals surface area contributed by atoms with Crippen molar-refractivity contribution in [1.82, 2.24) is 24.8 Å². The first-order chi connectivity index (χ1) is 16.7. The van der Waals surface area contributed by atoms with Gasteiger partial charge in [0.05, 0.1) is 11.0 Å². The van der Waals surface area contributed by atoms with E-state index in [4.69, 9.17) is 5.73 Å². The molecule has 1 saturated carbocycles. The first-order valence-corrected chi connectivity index (χ1v) is 12.0. The molecule has 0 aliphatic heterocycles. The number of aliphatic hydroxyl groups is 1. The number of rotatable bonds is 8. The Kier molecular flexibility index (Phi) is 6.40. The van der Waals surface area contributed by atoms with Crippen LogP contribution in [0.15, 0.2) is 42.7 Å². The molecule has 4 aromatic rings. The molecule has 0 unspecified atom stereocenters. The molecule has 1 aliphatic carbocycles. The molecule has 0 bridgehead atoms. The molecular weight excluding hydrogens is 428 g/mol. The van der Waals surface area contributed by atoms with Crippen molar-refractivity contribution in [3.05, 3.63) is 48.5 Å². The van der Waals surface area contributed by atoms with Gasteiger partial charge in [-0.15, -0.1) is 0 Å². The van der Waals surface area contributed by atoms with Crippen molar-refractivity contribution in [2.45, 2.75) is 51.7 Å². The van der Waals surface area contributed by atoms with Crippen LogP contribution in [0.1, 0.15) is 44.3 Å². The largest absolute Gasteiger partial charge is 0.388 e. The van der Waals surface area contributed by atoms with E-state index in [1.54, 1.807) is 6.20 Å². The van der Waals surface area contributed by atoms with E-state index in [9.17, 15) is 9.90 Å². The molecule has 0 saturated heterocycles. The van der Waals surface area contributed by atoms with Crippen LogP contribution in [0, 0.1) is 5.92 Å². The summed E-state index contributed by atoms with van der Waals surface area (Å²) in [6.45, 7) is 1.16. The highest BCUT2D eigenvalue weighted by Crippen LogP contribution is 2.32. The van der Waals surface area contributed by atoms with Gasteiger partial charge in [-0.2, -0.15) is 0 Å². The lowest BCUT2D eigenvalue weighted by Gasteiger charge is -2.12.